The Balaban J connectivity index is 0.00000225. The first kappa shape index (κ1) is 19.7. The quantitative estimate of drug-likeness (QED) is 0.428. The third kappa shape index (κ3) is 4.30. The lowest BCUT2D eigenvalue weighted by Gasteiger charge is -2.27. The van der Waals surface area contributed by atoms with E-state index in [1.807, 2.05) is 0 Å². The van der Waals surface area contributed by atoms with E-state index in [9.17, 15) is 0 Å². The Hall–Kier alpha value is -1.66. The largest absolute Gasteiger partial charge is 0.345 e. The molecule has 0 heterocycles. The van der Waals surface area contributed by atoms with E-state index in [0.29, 0.717) is 0 Å². The molecule has 0 aromatic heterocycles. The molecule has 0 amide bonds. The van der Waals surface area contributed by atoms with Crippen LogP contribution in [0.15, 0.2) is 91.0 Å². The van der Waals surface area contributed by atoms with Gasteiger partial charge in [0.05, 0.1) is 6.61 Å². The van der Waals surface area contributed by atoms with Gasteiger partial charge in [-0.15, -0.1) is 12.4 Å². The van der Waals surface area contributed by atoms with Crippen LogP contribution < -0.4 is 15.9 Å². The van der Waals surface area contributed by atoms with Gasteiger partial charge >= 0.3 is 0 Å². The van der Waals surface area contributed by atoms with Gasteiger partial charge in [-0.25, -0.2) is 0 Å². The van der Waals surface area contributed by atoms with Gasteiger partial charge in [-0.1, -0.05) is 61.5 Å². The van der Waals surface area contributed by atoms with Crippen molar-refractivity contribution in [1.29, 1.82) is 0 Å². The Bertz CT molecular complexity index is 635. The molecule has 0 aliphatic carbocycles. The Kier molecular flexibility index (Phi) is 7.65. The minimum absolute atomic E-state index is 0. The van der Waals surface area contributed by atoms with Crippen molar-refractivity contribution in [2.45, 2.75) is 13.3 Å². The summed E-state index contributed by atoms with van der Waals surface area (Å²) >= 11 is 0. The average molecular weight is 372 g/mol. The van der Waals surface area contributed by atoms with E-state index in [4.69, 9.17) is 4.74 Å². The van der Waals surface area contributed by atoms with Crippen LogP contribution in [-0.2, 0) is 4.74 Å². The second kappa shape index (κ2) is 9.73. The van der Waals surface area contributed by atoms with E-state index >= 15 is 0 Å². The van der Waals surface area contributed by atoms with Gasteiger partial charge in [-0.3, -0.25) is 0 Å². The number of ether oxygens (including phenoxy) is 1. The number of halogens is 1. The summed E-state index contributed by atoms with van der Waals surface area (Å²) in [7, 11) is -1.81. The predicted octanol–water partition coefficient (Wildman–Crippen LogP) is 4.79. The normalized spacial score (nSPS) is 10.9. The maximum absolute atomic E-state index is 6.16. The lowest BCUT2D eigenvalue weighted by Crippen LogP contribution is -2.34. The summed E-state index contributed by atoms with van der Waals surface area (Å²) in [6, 6.07) is 32.6. The summed E-state index contributed by atoms with van der Waals surface area (Å²) in [5.41, 5.74) is 0. The Labute approximate surface area is 157 Å². The Morgan fingerprint density at radius 1 is 0.640 bits per heavy atom. The second-order valence-corrected chi connectivity index (χ2v) is 9.28. The highest BCUT2D eigenvalue weighted by Crippen LogP contribution is 2.55. The van der Waals surface area contributed by atoms with Crippen molar-refractivity contribution in [2.24, 2.45) is 0 Å². The number of hydrogen-bond donors (Lipinski definition) is 0. The van der Waals surface area contributed by atoms with Crippen LogP contribution in [0.2, 0.25) is 0 Å². The van der Waals surface area contributed by atoms with Crippen molar-refractivity contribution in [2.75, 3.05) is 13.0 Å². The molecule has 3 heteroatoms. The maximum Gasteiger partial charge on any atom is 0.171 e. The van der Waals surface area contributed by atoms with Gasteiger partial charge in [0.2, 0.25) is 0 Å². The molecular formula is C22H25ClOP+. The summed E-state index contributed by atoms with van der Waals surface area (Å²) in [6.07, 6.45) is 1.79. The molecule has 3 aromatic carbocycles. The molecule has 0 radical (unpaired) electrons. The highest BCUT2D eigenvalue weighted by Gasteiger charge is 2.45. The minimum atomic E-state index is -1.81. The molecule has 0 fully saturated rings. The fraction of sp³-hybridized carbons (Fsp3) is 0.182. The van der Waals surface area contributed by atoms with Crippen LogP contribution in [-0.4, -0.2) is 13.0 Å². The molecule has 3 aromatic rings. The van der Waals surface area contributed by atoms with E-state index in [0.717, 1.165) is 19.4 Å². The number of hydrogen-bond acceptors (Lipinski definition) is 1. The van der Waals surface area contributed by atoms with Crippen molar-refractivity contribution in [3.05, 3.63) is 91.0 Å². The van der Waals surface area contributed by atoms with Crippen molar-refractivity contribution >= 4 is 35.6 Å². The molecule has 3 rings (SSSR count). The van der Waals surface area contributed by atoms with E-state index in [-0.39, 0.29) is 12.4 Å². The SMILES string of the molecule is CCCOC[P+](c1ccccc1)(c1ccccc1)c1ccccc1.Cl. The molecule has 1 nitrogen and oxygen atoms in total. The lowest BCUT2D eigenvalue weighted by molar-refractivity contribution is 0.180. The van der Waals surface area contributed by atoms with Gasteiger partial charge in [-0.2, -0.15) is 0 Å². The van der Waals surface area contributed by atoms with E-state index < -0.39 is 7.26 Å². The molecule has 0 aliphatic heterocycles. The van der Waals surface area contributed by atoms with Crippen molar-refractivity contribution in [1.82, 2.24) is 0 Å². The van der Waals surface area contributed by atoms with E-state index in [2.05, 4.69) is 97.9 Å². The van der Waals surface area contributed by atoms with Crippen molar-refractivity contribution in [3.63, 3.8) is 0 Å². The van der Waals surface area contributed by atoms with Gasteiger partial charge in [-0.05, 0) is 42.8 Å². The van der Waals surface area contributed by atoms with E-state index in [1.165, 1.54) is 15.9 Å². The molecule has 25 heavy (non-hydrogen) atoms. The van der Waals surface area contributed by atoms with Crippen molar-refractivity contribution in [3.8, 4) is 0 Å². The van der Waals surface area contributed by atoms with Gasteiger partial charge < -0.3 is 4.74 Å². The zero-order valence-electron chi connectivity index (χ0n) is 14.5. The van der Waals surface area contributed by atoms with Crippen LogP contribution >= 0.6 is 19.7 Å². The zero-order valence-corrected chi connectivity index (χ0v) is 16.3. The van der Waals surface area contributed by atoms with Crippen molar-refractivity contribution < 1.29 is 4.74 Å². The fourth-order valence-electron chi connectivity index (χ4n) is 3.06. The molecule has 130 valence electrons. The molecule has 0 saturated carbocycles. The summed E-state index contributed by atoms with van der Waals surface area (Å²) in [4.78, 5) is 0. The third-order valence-electron chi connectivity index (χ3n) is 4.22. The topological polar surface area (TPSA) is 9.23 Å². The van der Waals surface area contributed by atoms with Gasteiger partial charge in [0.1, 0.15) is 23.2 Å². The molecule has 0 spiro atoms. The summed E-state index contributed by atoms with van der Waals surface area (Å²) in [5.74, 6) is 0. The monoisotopic (exact) mass is 371 g/mol. The minimum Gasteiger partial charge on any atom is -0.345 e. The van der Waals surface area contributed by atoms with Gasteiger partial charge in [0, 0.05) is 0 Å². The van der Waals surface area contributed by atoms with Gasteiger partial charge in [0.15, 0.2) is 6.35 Å². The zero-order chi connectivity index (χ0) is 16.7. The predicted molar refractivity (Wildman–Crippen MR) is 114 cm³/mol. The molecule has 0 unspecified atom stereocenters. The molecule has 0 saturated heterocycles. The fourth-order valence-corrected chi connectivity index (χ4v) is 6.85. The highest BCUT2D eigenvalue weighted by atomic mass is 35.5. The smallest absolute Gasteiger partial charge is 0.171 e. The lowest BCUT2D eigenvalue weighted by atomic mass is 10.4. The summed E-state index contributed by atoms with van der Waals surface area (Å²) in [6.45, 7) is 2.96. The summed E-state index contributed by atoms with van der Waals surface area (Å²) < 4.78 is 6.16. The number of benzene rings is 3. The van der Waals surface area contributed by atoms with Crippen LogP contribution in [0.5, 0.6) is 0 Å². The summed E-state index contributed by atoms with van der Waals surface area (Å²) in [5, 5.41) is 4.12. The maximum atomic E-state index is 6.16. The number of rotatable bonds is 7. The molecule has 0 atom stereocenters. The molecule has 0 aliphatic rings. The molecular weight excluding hydrogens is 347 g/mol. The van der Waals surface area contributed by atoms with E-state index in [1.54, 1.807) is 0 Å². The Morgan fingerprint density at radius 3 is 1.32 bits per heavy atom. The highest BCUT2D eigenvalue weighted by molar-refractivity contribution is 7.95. The average Bonchev–Trinajstić information content (AvgIpc) is 2.68. The molecule has 0 N–H and O–H groups in total. The van der Waals surface area contributed by atoms with Crippen LogP contribution in [0, 0.1) is 0 Å². The van der Waals surface area contributed by atoms with Crippen LogP contribution in [0.1, 0.15) is 13.3 Å². The van der Waals surface area contributed by atoms with Gasteiger partial charge in [0.25, 0.3) is 0 Å². The van der Waals surface area contributed by atoms with Crippen LogP contribution in [0.4, 0.5) is 0 Å². The first-order chi connectivity index (χ1) is 11.9. The van der Waals surface area contributed by atoms with Crippen LogP contribution in [0.3, 0.4) is 0 Å². The van der Waals surface area contributed by atoms with Crippen LogP contribution in [0.25, 0.3) is 0 Å². The third-order valence-corrected chi connectivity index (χ3v) is 8.33. The first-order valence-corrected chi connectivity index (χ1v) is 10.5. The Morgan fingerprint density at radius 2 is 1.00 bits per heavy atom. The second-order valence-electron chi connectivity index (χ2n) is 5.85. The first-order valence-electron chi connectivity index (χ1n) is 8.50. The molecule has 0 bridgehead atoms. The standard InChI is InChI=1S/C22H24OP.ClH/c1-2-18-23-19-24(20-12-6-3-7-13-20,21-14-8-4-9-15-21)22-16-10-5-11-17-22;/h3-17H,2,18-19H2,1H3;1H/q+1;.